The molecule has 0 aromatic carbocycles. The minimum Gasteiger partial charge on any atom is -0.748 e. The van der Waals surface area contributed by atoms with E-state index in [1.54, 1.807) is 0 Å². The maximum atomic E-state index is 10.6. The van der Waals surface area contributed by atoms with E-state index in [1.165, 1.54) is 0 Å². The van der Waals surface area contributed by atoms with Gasteiger partial charge in [-0.2, -0.15) is 59.8 Å². The number of anilines is 2. The molecule has 4 aromatic heterocycles. The molecule has 0 aliphatic carbocycles. The van der Waals surface area contributed by atoms with Gasteiger partial charge >= 0.3 is 83.2 Å². The van der Waals surface area contributed by atoms with E-state index in [9.17, 15) is 25.9 Å². The topological polar surface area (TPSA) is 367 Å². The van der Waals surface area contributed by atoms with Gasteiger partial charge in [-0.1, -0.05) is 0 Å². The van der Waals surface area contributed by atoms with Gasteiger partial charge in [0.2, 0.25) is 43.6 Å². The summed E-state index contributed by atoms with van der Waals surface area (Å²) in [5.74, 6) is -1.42. The van der Waals surface area contributed by atoms with Crippen LogP contribution in [0.4, 0.5) is 11.9 Å². The quantitative estimate of drug-likeness (QED) is 0.0280. The van der Waals surface area contributed by atoms with Crippen molar-refractivity contribution in [3.63, 3.8) is 0 Å². The van der Waals surface area contributed by atoms with Crippen LogP contribution in [0.25, 0.3) is 0 Å². The van der Waals surface area contributed by atoms with Crippen LogP contribution >= 0.6 is 69.6 Å². The van der Waals surface area contributed by atoms with Crippen molar-refractivity contribution in [2.45, 2.75) is 0 Å². The van der Waals surface area contributed by atoms with E-state index in [0.29, 0.717) is 26.4 Å². The third-order valence-corrected chi connectivity index (χ3v) is 8.57. The van der Waals surface area contributed by atoms with E-state index in [4.69, 9.17) is 108 Å². The van der Waals surface area contributed by atoms with Gasteiger partial charge in [0.1, 0.15) is 26.4 Å². The minimum absolute atomic E-state index is 0. The van der Waals surface area contributed by atoms with Gasteiger partial charge in [-0.3, -0.25) is 0 Å². The predicted octanol–water partition coefficient (Wildman–Crippen LogP) is -5.06. The summed E-state index contributed by atoms with van der Waals surface area (Å²) in [5, 5.41) is 4.50. The van der Waals surface area contributed by atoms with Crippen molar-refractivity contribution in [1.29, 1.82) is 0 Å². The molecule has 28 nitrogen and oxygen atoms in total. The zero-order valence-corrected chi connectivity index (χ0v) is 44.6. The number of ether oxygens (including phenoxy) is 8. The summed E-state index contributed by atoms with van der Waals surface area (Å²) in [6, 6.07) is -0.181. The molecule has 0 atom stereocenters. The first-order chi connectivity index (χ1) is 30.4. The molecule has 0 aliphatic rings. The molecule has 4 rings (SSSR count). The van der Waals surface area contributed by atoms with Crippen molar-refractivity contribution in [1.82, 2.24) is 59.8 Å². The van der Waals surface area contributed by atoms with Crippen molar-refractivity contribution in [2.24, 2.45) is 0 Å². The molecule has 0 radical (unpaired) electrons. The first-order valence-electron chi connectivity index (χ1n) is 17.6. The number of rotatable bonds is 30. The average Bonchev–Trinajstić information content (AvgIpc) is 3.17. The van der Waals surface area contributed by atoms with Crippen LogP contribution in [0.2, 0.25) is 31.7 Å². The van der Waals surface area contributed by atoms with Gasteiger partial charge in [0.25, 0.3) is 0 Å². The molecular formula is C28H34Cl6N14Na2O14S2. The molecule has 0 fully saturated rings. The fourth-order valence-corrected chi connectivity index (χ4v) is 5.39. The standard InChI is InChI=1S/C16H24Cl2N8O10S2.C12H12Cl4N6O4.2Na/c17-11-21-13(19-1-9-37(27,28)29)25-15(23-11)35-7-5-33-3-4-34-6-8-36-16-24-12(18)22-14(26-16)20-2-10-38(30,31)32;13-7-17-8(14)20-11(19-7)25-5-3-23-1-2-24-4-6-26-12-21-9(15)18-10(16)22-12;;/h1-10H2,(H,27,28,29)(H,30,31,32)(H,19,21,23,25)(H,20,22,24,26);1-6H2;;/q;;2*+1/p-2. The molecular weight excluding hydrogens is 1080 g/mol. The first-order valence-corrected chi connectivity index (χ1v) is 23.0. The Morgan fingerprint density at radius 2 is 0.591 bits per heavy atom. The number of hydrogen-bond acceptors (Lipinski definition) is 28. The zero-order chi connectivity index (χ0) is 46.8. The van der Waals surface area contributed by atoms with Crippen molar-refractivity contribution < 1.29 is 123 Å². The van der Waals surface area contributed by atoms with Gasteiger partial charge in [0.05, 0.1) is 84.6 Å². The van der Waals surface area contributed by atoms with Crippen LogP contribution in [0.15, 0.2) is 0 Å². The molecule has 4 aromatic rings. The van der Waals surface area contributed by atoms with Crippen LogP contribution in [-0.4, -0.2) is 190 Å². The second kappa shape index (κ2) is 34.5. The molecule has 0 spiro atoms. The van der Waals surface area contributed by atoms with Crippen molar-refractivity contribution in [2.75, 3.05) is 115 Å². The number of nitrogens with zero attached hydrogens (tertiary/aromatic N) is 12. The van der Waals surface area contributed by atoms with E-state index in [2.05, 4.69) is 70.4 Å². The molecule has 0 amide bonds. The van der Waals surface area contributed by atoms with E-state index in [1.807, 2.05) is 0 Å². The first kappa shape index (κ1) is 62.3. The third-order valence-electron chi connectivity index (χ3n) is 6.15. The maximum absolute atomic E-state index is 10.6. The molecule has 0 saturated carbocycles. The smallest absolute Gasteiger partial charge is 0.748 e. The Labute approximate surface area is 450 Å². The summed E-state index contributed by atoms with van der Waals surface area (Å²) in [6.45, 7) is 2.28. The Kier molecular flexibility index (Phi) is 32.6. The molecule has 356 valence electrons. The van der Waals surface area contributed by atoms with Gasteiger partial charge in [-0.05, 0) is 69.6 Å². The molecule has 2 N–H and O–H groups in total. The third kappa shape index (κ3) is 31.4. The van der Waals surface area contributed by atoms with Crippen LogP contribution in [0.1, 0.15) is 0 Å². The molecule has 0 bridgehead atoms. The van der Waals surface area contributed by atoms with Crippen molar-refractivity contribution in [3.8, 4) is 24.0 Å². The summed E-state index contributed by atoms with van der Waals surface area (Å²) < 4.78 is 106. The summed E-state index contributed by atoms with van der Waals surface area (Å²) in [5.41, 5.74) is 0. The van der Waals surface area contributed by atoms with Gasteiger partial charge < -0.3 is 57.6 Å². The van der Waals surface area contributed by atoms with E-state index >= 15 is 0 Å². The monoisotopic (exact) mass is 1110 g/mol. The fraction of sp³-hybridized carbons (Fsp3) is 0.571. The van der Waals surface area contributed by atoms with Crippen LogP contribution in [0.5, 0.6) is 24.0 Å². The molecule has 38 heteroatoms. The van der Waals surface area contributed by atoms with Gasteiger partial charge in [-0.25, -0.2) is 16.8 Å². The van der Waals surface area contributed by atoms with E-state index in [0.717, 1.165) is 0 Å². The fourth-order valence-electron chi connectivity index (χ4n) is 3.69. The van der Waals surface area contributed by atoms with Crippen LogP contribution < -0.4 is 88.7 Å². The Morgan fingerprint density at radius 3 is 0.848 bits per heavy atom. The van der Waals surface area contributed by atoms with Crippen LogP contribution in [0.3, 0.4) is 0 Å². The van der Waals surface area contributed by atoms with Gasteiger partial charge in [0, 0.05) is 13.1 Å². The van der Waals surface area contributed by atoms with Crippen LogP contribution in [-0.2, 0) is 39.2 Å². The average molecular weight is 1110 g/mol. The largest absolute Gasteiger partial charge is 1.00 e. The maximum Gasteiger partial charge on any atom is 1.00 e. The summed E-state index contributed by atoms with van der Waals surface area (Å²) in [4.78, 5) is 45.0. The van der Waals surface area contributed by atoms with Crippen LogP contribution in [0, 0.1) is 0 Å². The molecule has 0 unspecified atom stereocenters. The summed E-state index contributed by atoms with van der Waals surface area (Å²) in [6.07, 6.45) is 0. The van der Waals surface area contributed by atoms with Crippen molar-refractivity contribution >= 4 is 102 Å². The Balaban J connectivity index is 0.000000682. The minimum atomic E-state index is -4.39. The van der Waals surface area contributed by atoms with E-state index in [-0.39, 0.29) is 193 Å². The van der Waals surface area contributed by atoms with E-state index < -0.39 is 31.7 Å². The van der Waals surface area contributed by atoms with Crippen molar-refractivity contribution in [3.05, 3.63) is 31.7 Å². The Hall–Kier alpha value is -1.76. The zero-order valence-electron chi connectivity index (χ0n) is 34.5. The second-order valence-corrected chi connectivity index (χ2v) is 16.0. The van der Waals surface area contributed by atoms with Gasteiger partial charge in [0.15, 0.2) is 0 Å². The predicted molar refractivity (Wildman–Crippen MR) is 221 cm³/mol. The normalized spacial score (nSPS) is 11.0. The molecule has 0 saturated heterocycles. The number of hydrogen-bond donors (Lipinski definition) is 2. The molecule has 66 heavy (non-hydrogen) atoms. The Bertz CT molecular complexity index is 2070. The number of nitrogens with one attached hydrogen (secondary N) is 2. The number of halogens is 6. The summed E-state index contributed by atoms with van der Waals surface area (Å²) >= 11 is 34.0. The SMILES string of the molecule is Clc1nc(Cl)nc(OCCOCCOCCOc2nc(Cl)nc(Cl)n2)n1.O=S(=O)([O-])CCNc1nc(Cl)nc(OCCOCCOCCOc2nc(Cl)nc(NCCS(=O)(=O)[O-])n2)n1.[Na+].[Na+]. The Morgan fingerprint density at radius 1 is 0.364 bits per heavy atom. The second-order valence-electron chi connectivity index (χ2n) is 11.0. The number of aromatic nitrogens is 12. The summed E-state index contributed by atoms with van der Waals surface area (Å²) in [7, 11) is -8.78. The van der Waals surface area contributed by atoms with Gasteiger partial charge in [-0.15, -0.1) is 0 Å². The molecule has 4 heterocycles. The molecule has 0 aliphatic heterocycles.